The van der Waals surface area contributed by atoms with E-state index in [-0.39, 0.29) is 5.91 Å². The molecule has 0 aliphatic heterocycles. The molecule has 0 aromatic carbocycles. The lowest BCUT2D eigenvalue weighted by Gasteiger charge is -2.00. The molecule has 106 valence electrons. The molecule has 0 unspecified atom stereocenters. The molecule has 0 saturated heterocycles. The Morgan fingerprint density at radius 1 is 1.29 bits per heavy atom. The predicted molar refractivity (Wildman–Crippen MR) is 83.1 cm³/mol. The number of thiophene rings is 1. The third-order valence-corrected chi connectivity index (χ3v) is 3.79. The summed E-state index contributed by atoms with van der Waals surface area (Å²) in [5.74, 6) is 0.506. The van der Waals surface area contributed by atoms with Crippen LogP contribution >= 0.6 is 11.3 Å². The normalized spacial score (nSPS) is 10.5. The van der Waals surface area contributed by atoms with E-state index in [1.165, 1.54) is 5.56 Å². The van der Waals surface area contributed by atoms with Crippen LogP contribution in [-0.2, 0) is 11.2 Å². The van der Waals surface area contributed by atoms with Gasteiger partial charge in [-0.25, -0.2) is 0 Å². The van der Waals surface area contributed by atoms with Gasteiger partial charge in [0.2, 0.25) is 5.91 Å². The molecule has 1 amide bonds. The van der Waals surface area contributed by atoms with Gasteiger partial charge in [0, 0.05) is 30.4 Å². The zero-order valence-electron chi connectivity index (χ0n) is 11.2. The quantitative estimate of drug-likeness (QED) is 0.760. The number of nitrogens with zero attached hydrogens (tertiary/aromatic N) is 2. The van der Waals surface area contributed by atoms with Crippen molar-refractivity contribution in [1.29, 1.82) is 0 Å². The van der Waals surface area contributed by atoms with Gasteiger partial charge in [-0.2, -0.15) is 16.4 Å². The molecule has 3 rings (SSSR count). The van der Waals surface area contributed by atoms with Crippen molar-refractivity contribution in [2.24, 2.45) is 0 Å². The van der Waals surface area contributed by atoms with Gasteiger partial charge < -0.3 is 5.32 Å². The molecule has 21 heavy (non-hydrogen) atoms. The maximum absolute atomic E-state index is 11.9. The second kappa shape index (κ2) is 6.32. The van der Waals surface area contributed by atoms with Crippen LogP contribution < -0.4 is 5.32 Å². The Labute approximate surface area is 126 Å². The molecule has 3 heterocycles. The summed E-state index contributed by atoms with van der Waals surface area (Å²) in [5, 5.41) is 13.9. The number of amides is 1. The van der Waals surface area contributed by atoms with Crippen LogP contribution in [0, 0.1) is 0 Å². The van der Waals surface area contributed by atoms with Crippen molar-refractivity contribution < 1.29 is 4.79 Å². The van der Waals surface area contributed by atoms with Crippen molar-refractivity contribution in [3.05, 3.63) is 53.0 Å². The van der Waals surface area contributed by atoms with Crippen molar-refractivity contribution in [3.8, 4) is 11.3 Å². The zero-order valence-corrected chi connectivity index (χ0v) is 12.1. The summed E-state index contributed by atoms with van der Waals surface area (Å²) in [5.41, 5.74) is 3.02. The molecule has 0 fully saturated rings. The van der Waals surface area contributed by atoms with Crippen LogP contribution in [0.25, 0.3) is 11.3 Å². The maximum Gasteiger partial charge on any atom is 0.225 e. The fraction of sp³-hybridized carbons (Fsp3) is 0.133. The Kier molecular flexibility index (Phi) is 4.07. The summed E-state index contributed by atoms with van der Waals surface area (Å²) in [7, 11) is 0. The lowest BCUT2D eigenvalue weighted by atomic mass is 10.2. The van der Waals surface area contributed by atoms with Crippen molar-refractivity contribution in [3.63, 3.8) is 0 Å². The van der Waals surface area contributed by atoms with Gasteiger partial charge in [0.1, 0.15) is 0 Å². The SMILES string of the molecule is O=C(CCc1ccsc1)Nc1cc(-c2ccncc2)[nH]n1. The monoisotopic (exact) mass is 298 g/mol. The van der Waals surface area contributed by atoms with Gasteiger partial charge in [0.15, 0.2) is 5.82 Å². The minimum absolute atomic E-state index is 0.0334. The average molecular weight is 298 g/mol. The Morgan fingerprint density at radius 2 is 2.14 bits per heavy atom. The number of anilines is 1. The number of aryl methyl sites for hydroxylation is 1. The van der Waals surface area contributed by atoms with E-state index in [1.54, 1.807) is 23.7 Å². The fourth-order valence-electron chi connectivity index (χ4n) is 1.96. The molecule has 3 aromatic heterocycles. The Morgan fingerprint density at radius 3 is 2.90 bits per heavy atom. The van der Waals surface area contributed by atoms with Crippen molar-refractivity contribution >= 4 is 23.1 Å². The molecule has 0 bridgehead atoms. The molecule has 0 saturated carbocycles. The van der Waals surface area contributed by atoms with E-state index in [2.05, 4.69) is 25.9 Å². The first kappa shape index (κ1) is 13.5. The molecule has 0 spiro atoms. The molecule has 6 heteroatoms. The summed E-state index contributed by atoms with van der Waals surface area (Å²) in [6.45, 7) is 0. The van der Waals surface area contributed by atoms with Gasteiger partial charge in [-0.15, -0.1) is 0 Å². The highest BCUT2D eigenvalue weighted by Gasteiger charge is 2.07. The van der Waals surface area contributed by atoms with Crippen LogP contribution in [0.1, 0.15) is 12.0 Å². The van der Waals surface area contributed by atoms with E-state index in [4.69, 9.17) is 0 Å². The highest BCUT2D eigenvalue weighted by molar-refractivity contribution is 7.07. The van der Waals surface area contributed by atoms with E-state index < -0.39 is 0 Å². The van der Waals surface area contributed by atoms with Gasteiger partial charge in [-0.3, -0.25) is 14.9 Å². The number of nitrogens with one attached hydrogen (secondary N) is 2. The summed E-state index contributed by atoms with van der Waals surface area (Å²) < 4.78 is 0. The van der Waals surface area contributed by atoms with Crippen molar-refractivity contribution in [2.75, 3.05) is 5.32 Å². The minimum atomic E-state index is -0.0334. The molecule has 5 nitrogen and oxygen atoms in total. The van der Waals surface area contributed by atoms with Crippen LogP contribution in [0.3, 0.4) is 0 Å². The summed E-state index contributed by atoms with van der Waals surface area (Å²) in [6, 6.07) is 7.62. The number of H-pyrrole nitrogens is 1. The fourth-order valence-corrected chi connectivity index (χ4v) is 2.67. The van der Waals surface area contributed by atoms with Crippen LogP contribution in [-0.4, -0.2) is 21.1 Å². The Bertz CT molecular complexity index is 706. The smallest absolute Gasteiger partial charge is 0.225 e. The second-order valence-electron chi connectivity index (χ2n) is 4.58. The summed E-state index contributed by atoms with van der Waals surface area (Å²) >= 11 is 1.64. The van der Waals surface area contributed by atoms with Crippen LogP contribution in [0.2, 0.25) is 0 Å². The lowest BCUT2D eigenvalue weighted by molar-refractivity contribution is -0.116. The number of pyridine rings is 1. The Balaban J connectivity index is 1.58. The number of hydrogen-bond donors (Lipinski definition) is 2. The topological polar surface area (TPSA) is 70.7 Å². The lowest BCUT2D eigenvalue weighted by Crippen LogP contribution is -2.12. The molecule has 3 aromatic rings. The number of hydrogen-bond acceptors (Lipinski definition) is 4. The van der Waals surface area contributed by atoms with Gasteiger partial charge in [-0.05, 0) is 40.9 Å². The number of carbonyl (C=O) groups excluding carboxylic acids is 1. The maximum atomic E-state index is 11.9. The summed E-state index contributed by atoms with van der Waals surface area (Å²) in [6.07, 6.45) is 4.63. The van der Waals surface area contributed by atoms with E-state index in [9.17, 15) is 4.79 Å². The van der Waals surface area contributed by atoms with E-state index in [0.29, 0.717) is 12.2 Å². The molecule has 0 radical (unpaired) electrons. The first-order valence-electron chi connectivity index (χ1n) is 6.58. The highest BCUT2D eigenvalue weighted by Crippen LogP contribution is 2.18. The van der Waals surface area contributed by atoms with Crippen molar-refractivity contribution in [1.82, 2.24) is 15.2 Å². The first-order chi connectivity index (χ1) is 10.3. The third-order valence-electron chi connectivity index (χ3n) is 3.06. The van der Waals surface area contributed by atoms with Gasteiger partial charge >= 0.3 is 0 Å². The van der Waals surface area contributed by atoms with Gasteiger partial charge in [-0.1, -0.05) is 0 Å². The highest BCUT2D eigenvalue weighted by atomic mass is 32.1. The predicted octanol–water partition coefficient (Wildman–Crippen LogP) is 3.10. The minimum Gasteiger partial charge on any atom is -0.309 e. The molecule has 0 atom stereocenters. The third kappa shape index (κ3) is 3.55. The largest absolute Gasteiger partial charge is 0.309 e. The summed E-state index contributed by atoms with van der Waals surface area (Å²) in [4.78, 5) is 15.9. The van der Waals surface area contributed by atoms with Crippen LogP contribution in [0.15, 0.2) is 47.4 Å². The first-order valence-corrected chi connectivity index (χ1v) is 7.52. The molecular formula is C15H14N4OS. The van der Waals surface area contributed by atoms with Crippen LogP contribution in [0.4, 0.5) is 5.82 Å². The number of carbonyl (C=O) groups is 1. The van der Waals surface area contributed by atoms with Crippen LogP contribution in [0.5, 0.6) is 0 Å². The molecule has 0 aliphatic rings. The second-order valence-corrected chi connectivity index (χ2v) is 5.36. The van der Waals surface area contributed by atoms with Gasteiger partial charge in [0.05, 0.1) is 5.69 Å². The zero-order chi connectivity index (χ0) is 14.5. The number of aromatic nitrogens is 3. The van der Waals surface area contributed by atoms with E-state index in [0.717, 1.165) is 17.7 Å². The number of aromatic amines is 1. The Hall–Kier alpha value is -2.47. The average Bonchev–Trinajstić information content (AvgIpc) is 3.17. The standard InChI is InChI=1S/C15H14N4OS/c20-15(2-1-11-5-8-21-10-11)17-14-9-13(18-19-14)12-3-6-16-7-4-12/h3-10H,1-2H2,(H2,17,18,19,20). The van der Waals surface area contributed by atoms with E-state index >= 15 is 0 Å². The van der Waals surface area contributed by atoms with Gasteiger partial charge in [0.25, 0.3) is 0 Å². The van der Waals surface area contributed by atoms with Crippen molar-refractivity contribution in [2.45, 2.75) is 12.8 Å². The van der Waals surface area contributed by atoms with E-state index in [1.807, 2.05) is 29.6 Å². The number of rotatable bonds is 5. The molecule has 2 N–H and O–H groups in total. The molecular weight excluding hydrogens is 284 g/mol. The molecule has 0 aliphatic carbocycles.